The molecule has 27 heavy (non-hydrogen) atoms. The van der Waals surface area contributed by atoms with Crippen LogP contribution in [0.15, 0.2) is 53.5 Å². The van der Waals surface area contributed by atoms with Gasteiger partial charge >= 0.3 is 5.56 Å². The summed E-state index contributed by atoms with van der Waals surface area (Å²) in [4.78, 5) is 16.3. The van der Waals surface area contributed by atoms with Crippen LogP contribution >= 0.6 is 11.6 Å². The Hall–Kier alpha value is -3.30. The Labute approximate surface area is 161 Å². The summed E-state index contributed by atoms with van der Waals surface area (Å²) in [5.74, 6) is 0.455. The Kier molecular flexibility index (Phi) is 5.43. The number of aromatic nitrogens is 2. The smallest absolute Gasteiger partial charge is 0.316 e. The number of ether oxygens (including phenoxy) is 1. The van der Waals surface area contributed by atoms with Gasteiger partial charge in [0.05, 0.1) is 31.5 Å². The second-order valence-corrected chi connectivity index (χ2v) is 6.28. The highest BCUT2D eigenvalue weighted by Crippen LogP contribution is 2.26. The third-order valence-electron chi connectivity index (χ3n) is 4.18. The minimum atomic E-state index is -0.482. The van der Waals surface area contributed by atoms with Crippen LogP contribution in [0.2, 0.25) is 5.02 Å². The molecule has 0 fully saturated rings. The monoisotopic (exact) mass is 380 g/mol. The number of rotatable bonds is 5. The van der Waals surface area contributed by atoms with Crippen molar-refractivity contribution in [1.82, 2.24) is 9.55 Å². The van der Waals surface area contributed by atoms with Gasteiger partial charge in [0.25, 0.3) is 0 Å². The second-order valence-electron chi connectivity index (χ2n) is 5.87. The zero-order valence-electron chi connectivity index (χ0n) is 14.9. The van der Waals surface area contributed by atoms with Crippen molar-refractivity contribution in [3.8, 4) is 11.8 Å². The number of nitriles is 1. The van der Waals surface area contributed by atoms with Crippen LogP contribution < -0.4 is 15.6 Å². The molecule has 0 aliphatic rings. The zero-order chi connectivity index (χ0) is 19.4. The van der Waals surface area contributed by atoms with E-state index in [-0.39, 0.29) is 5.75 Å². The summed E-state index contributed by atoms with van der Waals surface area (Å²) in [5, 5.41) is 13.1. The molecule has 1 N–H and O–H groups in total. The maximum Gasteiger partial charge on any atom is 0.316 e. The molecule has 0 saturated carbocycles. The van der Waals surface area contributed by atoms with Crippen LogP contribution in [-0.2, 0) is 6.54 Å². The molecular formula is C20H17ClN4O2. The summed E-state index contributed by atoms with van der Waals surface area (Å²) in [5.41, 5.74) is 2.46. The molecule has 0 radical (unpaired) electrons. The number of benzene rings is 2. The summed E-state index contributed by atoms with van der Waals surface area (Å²) in [7, 11) is 1.42. The predicted octanol–water partition coefficient (Wildman–Crippen LogP) is 3.88. The first-order chi connectivity index (χ1) is 13.0. The standard InChI is InChI=1S/C20H17ClN4O2/c1-13-16(21)8-5-9-17(13)23-20-24-19(26)18(27-2)12-25(20)11-15-7-4-3-6-14(15)10-22/h3-9,12H,11H2,1-2H3,(H,23,24,26). The van der Waals surface area contributed by atoms with Gasteiger partial charge < -0.3 is 14.6 Å². The van der Waals surface area contributed by atoms with Crippen LogP contribution in [0.25, 0.3) is 0 Å². The van der Waals surface area contributed by atoms with Crippen molar-refractivity contribution in [2.45, 2.75) is 13.5 Å². The SMILES string of the molecule is COc1cn(Cc2ccccc2C#N)c(Nc2cccc(Cl)c2C)nc1=O. The maximum absolute atomic E-state index is 12.2. The van der Waals surface area contributed by atoms with Crippen LogP contribution in [0.3, 0.4) is 0 Å². The van der Waals surface area contributed by atoms with Crippen molar-refractivity contribution >= 4 is 23.2 Å². The van der Waals surface area contributed by atoms with Crippen molar-refractivity contribution in [3.05, 3.63) is 80.7 Å². The molecule has 0 amide bonds. The molecule has 0 unspecified atom stereocenters. The Balaban J connectivity index is 2.08. The average Bonchev–Trinajstić information content (AvgIpc) is 2.67. The van der Waals surface area contributed by atoms with Gasteiger partial charge in [-0.05, 0) is 36.2 Å². The largest absolute Gasteiger partial charge is 0.490 e. The molecule has 136 valence electrons. The Bertz CT molecular complexity index is 1090. The minimum Gasteiger partial charge on any atom is -0.490 e. The fourth-order valence-corrected chi connectivity index (χ4v) is 2.82. The normalized spacial score (nSPS) is 10.3. The summed E-state index contributed by atoms with van der Waals surface area (Å²) in [6.07, 6.45) is 1.58. The molecule has 1 heterocycles. The number of hydrogen-bond acceptors (Lipinski definition) is 5. The summed E-state index contributed by atoms with van der Waals surface area (Å²) in [6, 6.07) is 14.9. The molecule has 7 heteroatoms. The van der Waals surface area contributed by atoms with Gasteiger partial charge in [-0.2, -0.15) is 10.2 Å². The lowest BCUT2D eigenvalue weighted by molar-refractivity contribution is 0.402. The van der Waals surface area contributed by atoms with E-state index in [9.17, 15) is 10.1 Å². The minimum absolute atomic E-state index is 0.123. The molecule has 0 bridgehead atoms. The fourth-order valence-electron chi connectivity index (χ4n) is 2.65. The highest BCUT2D eigenvalue weighted by atomic mass is 35.5. The molecule has 2 aromatic carbocycles. The van der Waals surface area contributed by atoms with Gasteiger partial charge in [0.1, 0.15) is 0 Å². The molecule has 6 nitrogen and oxygen atoms in total. The molecule has 3 aromatic rings. The first-order valence-corrected chi connectivity index (χ1v) is 8.57. The molecule has 0 aliphatic carbocycles. The number of halogens is 1. The van der Waals surface area contributed by atoms with E-state index in [1.165, 1.54) is 7.11 Å². The van der Waals surface area contributed by atoms with Crippen LogP contribution in [0, 0.1) is 18.3 Å². The van der Waals surface area contributed by atoms with Crippen LogP contribution in [0.4, 0.5) is 11.6 Å². The molecule has 1 aromatic heterocycles. The predicted molar refractivity (Wildman–Crippen MR) is 105 cm³/mol. The van der Waals surface area contributed by atoms with Crippen LogP contribution in [0.5, 0.6) is 5.75 Å². The summed E-state index contributed by atoms with van der Waals surface area (Å²) >= 11 is 6.18. The van der Waals surface area contributed by atoms with Crippen LogP contribution in [0.1, 0.15) is 16.7 Å². The topological polar surface area (TPSA) is 79.9 Å². The first-order valence-electron chi connectivity index (χ1n) is 8.19. The lowest BCUT2D eigenvalue weighted by Crippen LogP contribution is -2.19. The van der Waals surface area contributed by atoms with Crippen molar-refractivity contribution in [2.75, 3.05) is 12.4 Å². The quantitative estimate of drug-likeness (QED) is 0.726. The van der Waals surface area contributed by atoms with E-state index in [0.717, 1.165) is 16.8 Å². The van der Waals surface area contributed by atoms with E-state index < -0.39 is 5.56 Å². The Morgan fingerprint density at radius 2 is 2.04 bits per heavy atom. The molecule has 0 atom stereocenters. The lowest BCUT2D eigenvalue weighted by Gasteiger charge is -2.17. The third-order valence-corrected chi connectivity index (χ3v) is 4.59. The van der Waals surface area contributed by atoms with Gasteiger partial charge in [-0.3, -0.25) is 4.79 Å². The fraction of sp³-hybridized carbons (Fsp3) is 0.150. The molecule has 0 saturated heterocycles. The lowest BCUT2D eigenvalue weighted by atomic mass is 10.1. The number of anilines is 2. The van der Waals surface area contributed by atoms with E-state index in [1.807, 2.05) is 31.2 Å². The third kappa shape index (κ3) is 3.94. The van der Waals surface area contributed by atoms with Crippen molar-refractivity contribution < 1.29 is 4.74 Å². The van der Waals surface area contributed by atoms with E-state index in [1.54, 1.807) is 29.0 Å². The van der Waals surface area contributed by atoms with Gasteiger partial charge in [0, 0.05) is 10.7 Å². The number of nitrogens with one attached hydrogen (secondary N) is 1. The van der Waals surface area contributed by atoms with Gasteiger partial charge in [-0.1, -0.05) is 35.9 Å². The highest BCUT2D eigenvalue weighted by molar-refractivity contribution is 6.31. The number of hydrogen-bond donors (Lipinski definition) is 1. The van der Waals surface area contributed by atoms with E-state index in [4.69, 9.17) is 16.3 Å². The van der Waals surface area contributed by atoms with Gasteiger partial charge in [0.15, 0.2) is 0 Å². The first kappa shape index (κ1) is 18.5. The summed E-state index contributed by atoms with van der Waals surface area (Å²) < 4.78 is 6.85. The average molecular weight is 381 g/mol. The molecule has 0 spiro atoms. The zero-order valence-corrected chi connectivity index (χ0v) is 15.6. The van der Waals surface area contributed by atoms with Crippen molar-refractivity contribution in [3.63, 3.8) is 0 Å². The van der Waals surface area contributed by atoms with E-state index in [0.29, 0.717) is 23.1 Å². The van der Waals surface area contributed by atoms with Crippen molar-refractivity contribution in [1.29, 1.82) is 5.26 Å². The molecule has 0 aliphatic heterocycles. The van der Waals surface area contributed by atoms with E-state index >= 15 is 0 Å². The number of methoxy groups -OCH3 is 1. The highest BCUT2D eigenvalue weighted by Gasteiger charge is 2.13. The van der Waals surface area contributed by atoms with Gasteiger partial charge in [-0.15, -0.1) is 0 Å². The van der Waals surface area contributed by atoms with Gasteiger partial charge in [0.2, 0.25) is 11.7 Å². The van der Waals surface area contributed by atoms with Gasteiger partial charge in [-0.25, -0.2) is 0 Å². The Morgan fingerprint density at radius 1 is 1.26 bits per heavy atom. The maximum atomic E-state index is 12.2. The van der Waals surface area contributed by atoms with Crippen LogP contribution in [-0.4, -0.2) is 16.7 Å². The Morgan fingerprint density at radius 3 is 2.78 bits per heavy atom. The number of nitrogens with zero attached hydrogens (tertiary/aromatic N) is 3. The van der Waals surface area contributed by atoms with E-state index in [2.05, 4.69) is 16.4 Å². The second kappa shape index (κ2) is 7.94. The van der Waals surface area contributed by atoms with Crippen molar-refractivity contribution in [2.24, 2.45) is 0 Å². The molecule has 3 rings (SSSR count). The molecular weight excluding hydrogens is 364 g/mol. The summed E-state index contributed by atoms with van der Waals surface area (Å²) in [6.45, 7) is 2.22.